The van der Waals surface area contributed by atoms with Crippen molar-refractivity contribution >= 4 is 63.4 Å². The molecule has 3 aromatic rings. The van der Waals surface area contributed by atoms with E-state index in [1.54, 1.807) is 53.1 Å². The number of nitrogens with zero attached hydrogens (tertiary/aromatic N) is 6. The molecule has 302 valence electrons. The van der Waals surface area contributed by atoms with Crippen molar-refractivity contribution in [3.8, 4) is 5.75 Å². The van der Waals surface area contributed by atoms with Gasteiger partial charge in [-0.05, 0) is 66.9 Å². The minimum atomic E-state index is -3.94. The minimum absolute atomic E-state index is 0. The van der Waals surface area contributed by atoms with Gasteiger partial charge in [-0.1, -0.05) is 47.5 Å². The quantitative estimate of drug-likeness (QED) is 0.285. The molecule has 7 rings (SSSR count). The Hall–Kier alpha value is -3.47. The zero-order valence-corrected chi connectivity index (χ0v) is 34.6. The second-order valence-corrected chi connectivity index (χ2v) is 16.7. The number of benzene rings is 3. The smallest absolute Gasteiger partial charge is 0.326 e. The number of amides is 3. The number of hydrogen-bond donors (Lipinski definition) is 0. The van der Waals surface area contributed by atoms with Crippen LogP contribution in [0.4, 0.5) is 4.79 Å². The Morgan fingerprint density at radius 2 is 1.38 bits per heavy atom. The maximum Gasteiger partial charge on any atom is 0.326 e. The number of rotatable bonds is 9. The number of sulfonamides is 1. The molecule has 3 aromatic carbocycles. The van der Waals surface area contributed by atoms with Gasteiger partial charge < -0.3 is 24.0 Å². The molecule has 0 aliphatic carbocycles. The van der Waals surface area contributed by atoms with E-state index in [2.05, 4.69) is 4.90 Å². The molecule has 13 nitrogen and oxygen atoms in total. The minimum Gasteiger partial charge on any atom is -0.493 e. The van der Waals surface area contributed by atoms with Crippen molar-refractivity contribution < 1.29 is 32.2 Å². The Bertz CT molecular complexity index is 2000. The first kappa shape index (κ1) is 42.1. The number of carbonyl (C=O) groups is 2. The second-order valence-electron chi connectivity index (χ2n) is 13.9. The molecule has 2 atom stereocenters. The number of piperazine rings is 1. The summed E-state index contributed by atoms with van der Waals surface area (Å²) in [7, 11) is -3.94. The summed E-state index contributed by atoms with van der Waals surface area (Å²) in [5.41, 5.74) is 2.51. The van der Waals surface area contributed by atoms with E-state index in [0.29, 0.717) is 99.2 Å². The third-order valence-corrected chi connectivity index (χ3v) is 13.0. The summed E-state index contributed by atoms with van der Waals surface area (Å²) in [5, 5.41) is 1.10. The van der Waals surface area contributed by atoms with Crippen LogP contribution in [0, 0.1) is 6.92 Å². The lowest BCUT2D eigenvalue weighted by Crippen LogP contribution is -2.56. The number of halogens is 3. The van der Waals surface area contributed by atoms with Gasteiger partial charge in [0.15, 0.2) is 0 Å². The first-order valence-electron chi connectivity index (χ1n) is 18.7. The predicted molar refractivity (Wildman–Crippen MR) is 217 cm³/mol. The predicted octanol–water partition coefficient (Wildman–Crippen LogP) is 5.28. The molecule has 0 unspecified atom stereocenters. The van der Waals surface area contributed by atoms with Crippen LogP contribution in [0.2, 0.25) is 10.0 Å². The van der Waals surface area contributed by atoms with Crippen molar-refractivity contribution in [2.24, 2.45) is 4.99 Å². The second kappa shape index (κ2) is 18.4. The van der Waals surface area contributed by atoms with Crippen LogP contribution >= 0.6 is 35.6 Å². The number of aliphatic imine (C=N–C) groups is 1. The number of carbonyl (C=O) groups excluding carboxylic acids is 2. The number of urea groups is 1. The van der Waals surface area contributed by atoms with E-state index in [1.807, 2.05) is 36.1 Å². The lowest BCUT2D eigenvalue weighted by molar-refractivity contribution is -0.136. The molecule has 0 spiro atoms. The van der Waals surface area contributed by atoms with E-state index in [4.69, 9.17) is 42.4 Å². The highest BCUT2D eigenvalue weighted by Crippen LogP contribution is 2.46. The van der Waals surface area contributed by atoms with Crippen molar-refractivity contribution in [2.45, 2.75) is 30.8 Å². The largest absolute Gasteiger partial charge is 0.493 e. The zero-order valence-electron chi connectivity index (χ0n) is 31.4. The molecule has 0 bridgehead atoms. The Labute approximate surface area is 344 Å². The topological polar surface area (TPSA) is 125 Å². The Morgan fingerprint density at radius 3 is 1.96 bits per heavy atom. The fourth-order valence-corrected chi connectivity index (χ4v) is 9.42. The summed E-state index contributed by atoms with van der Waals surface area (Å²) < 4.78 is 46.9. The Balaban J connectivity index is 0.00000532. The van der Waals surface area contributed by atoms with Crippen LogP contribution in [0.3, 0.4) is 0 Å². The van der Waals surface area contributed by atoms with E-state index in [9.17, 15) is 13.2 Å². The molecule has 0 N–H and O–H groups in total. The van der Waals surface area contributed by atoms with Crippen molar-refractivity contribution in [1.29, 1.82) is 0 Å². The average molecular weight is 850 g/mol. The van der Waals surface area contributed by atoms with Gasteiger partial charge in [-0.2, -0.15) is 4.31 Å². The Kier molecular flexibility index (Phi) is 13.9. The molecule has 17 heteroatoms. The number of ether oxygens (including phenoxy) is 3. The van der Waals surface area contributed by atoms with Gasteiger partial charge in [0.1, 0.15) is 17.6 Å². The highest BCUT2D eigenvalue weighted by Gasteiger charge is 2.45. The summed E-state index contributed by atoms with van der Waals surface area (Å²) in [5.74, 6) is 0.753. The van der Waals surface area contributed by atoms with Crippen molar-refractivity contribution in [2.75, 3.05) is 91.9 Å². The summed E-state index contributed by atoms with van der Waals surface area (Å²) in [6.45, 7) is 9.23. The van der Waals surface area contributed by atoms with Gasteiger partial charge in [-0.15, -0.1) is 12.4 Å². The molecule has 56 heavy (non-hydrogen) atoms. The summed E-state index contributed by atoms with van der Waals surface area (Å²) in [4.78, 5) is 41.0. The molecule has 0 radical (unpaired) electrons. The average Bonchev–Trinajstić information content (AvgIpc) is 3.59. The van der Waals surface area contributed by atoms with Gasteiger partial charge >= 0.3 is 6.03 Å². The molecular weight excluding hydrogens is 803 g/mol. The van der Waals surface area contributed by atoms with E-state index in [1.165, 1.54) is 4.31 Å². The molecule has 4 aliphatic rings. The molecule has 0 aromatic heterocycles. The van der Waals surface area contributed by atoms with Crippen LogP contribution in [-0.2, 0) is 24.3 Å². The number of aryl methyl sites for hydroxylation is 1. The lowest BCUT2D eigenvalue weighted by Gasteiger charge is -2.39. The van der Waals surface area contributed by atoms with E-state index in [-0.39, 0.29) is 54.7 Å². The fourth-order valence-electron chi connectivity index (χ4n) is 7.52. The molecule has 3 amide bonds. The van der Waals surface area contributed by atoms with Gasteiger partial charge in [0.05, 0.1) is 56.1 Å². The highest BCUT2D eigenvalue weighted by atomic mass is 35.5. The van der Waals surface area contributed by atoms with Crippen molar-refractivity contribution in [3.05, 3.63) is 93.0 Å². The molecular formula is C39H47Cl3N6O7S. The first-order chi connectivity index (χ1) is 26.5. The number of amidine groups is 1. The van der Waals surface area contributed by atoms with Crippen molar-refractivity contribution in [1.82, 2.24) is 23.9 Å². The zero-order chi connectivity index (χ0) is 38.7. The maximum atomic E-state index is 15.1. The molecule has 3 fully saturated rings. The lowest BCUT2D eigenvalue weighted by atomic mass is 9.93. The van der Waals surface area contributed by atoms with Gasteiger partial charge in [-0.25, -0.2) is 13.2 Å². The molecule has 4 heterocycles. The van der Waals surface area contributed by atoms with Crippen LogP contribution in [0.5, 0.6) is 5.75 Å². The normalized spacial score (nSPS) is 21.1. The molecule has 0 saturated carbocycles. The van der Waals surface area contributed by atoms with E-state index in [0.717, 1.165) is 11.1 Å². The summed E-state index contributed by atoms with van der Waals surface area (Å²) in [6.07, 6.45) is 0. The molecule has 4 aliphatic heterocycles. The van der Waals surface area contributed by atoms with Gasteiger partial charge in [0.25, 0.3) is 0 Å². The third-order valence-electron chi connectivity index (χ3n) is 10.5. The standard InChI is InChI=1S/C39H46Cl2N6O7S.ClH/c1-3-54-33-24-27(2)34(55(50,51)46-18-22-53-23-19-46)25-32(33)38-42-36(28-4-8-30(40)9-5-28)37(29-6-10-31(41)11-7-29)47(38)39(49)45-14-12-43(13-15-45)26-35(48)44-16-20-52-21-17-44;/h4-11,24-25,36-37H,3,12-23,26H2,1-2H3;1H/t36-,37+;/m0./s1. The number of morpholine rings is 2. The first-order valence-corrected chi connectivity index (χ1v) is 20.8. The third kappa shape index (κ3) is 8.97. The van der Waals surface area contributed by atoms with Crippen LogP contribution in [-0.4, -0.2) is 142 Å². The van der Waals surface area contributed by atoms with Crippen molar-refractivity contribution in [3.63, 3.8) is 0 Å². The summed E-state index contributed by atoms with van der Waals surface area (Å²) in [6, 6.07) is 16.5. The van der Waals surface area contributed by atoms with Gasteiger partial charge in [-0.3, -0.25) is 19.6 Å². The summed E-state index contributed by atoms with van der Waals surface area (Å²) >= 11 is 12.7. The van der Waals surface area contributed by atoms with Gasteiger partial charge in [0, 0.05) is 62.4 Å². The SMILES string of the molecule is CCOc1cc(C)c(S(=O)(=O)N2CCOCC2)cc1C1=N[C@@H](c2ccc(Cl)cc2)[C@@H](c2ccc(Cl)cc2)N1C(=O)N1CCN(CC(=O)N2CCOCC2)CC1.Cl. The maximum absolute atomic E-state index is 15.1. The molecule has 3 saturated heterocycles. The van der Waals surface area contributed by atoms with Crippen LogP contribution in [0.25, 0.3) is 0 Å². The fraction of sp³-hybridized carbons (Fsp3) is 0.462. The monoisotopic (exact) mass is 848 g/mol. The Morgan fingerprint density at radius 1 is 0.804 bits per heavy atom. The van der Waals surface area contributed by atoms with Crippen LogP contribution in [0.15, 0.2) is 70.6 Å². The van der Waals surface area contributed by atoms with E-state index >= 15 is 4.79 Å². The highest BCUT2D eigenvalue weighted by molar-refractivity contribution is 7.89. The van der Waals surface area contributed by atoms with E-state index < -0.39 is 22.1 Å². The number of hydrogen-bond acceptors (Lipinski definition) is 9. The van der Waals surface area contributed by atoms with Crippen LogP contribution in [0.1, 0.15) is 41.3 Å². The van der Waals surface area contributed by atoms with Crippen LogP contribution < -0.4 is 4.74 Å². The van der Waals surface area contributed by atoms with Gasteiger partial charge in [0.2, 0.25) is 15.9 Å².